The van der Waals surface area contributed by atoms with Crippen LogP contribution in [0, 0.1) is 41.2 Å². The van der Waals surface area contributed by atoms with Gasteiger partial charge in [0.05, 0.1) is 4.90 Å². The summed E-state index contributed by atoms with van der Waals surface area (Å²) in [5.41, 5.74) is 10.6. The van der Waals surface area contributed by atoms with Crippen LogP contribution in [0.3, 0.4) is 0 Å². The van der Waals surface area contributed by atoms with E-state index in [1.807, 2.05) is 6.07 Å². The van der Waals surface area contributed by atoms with Gasteiger partial charge in [0, 0.05) is 28.8 Å². The van der Waals surface area contributed by atoms with E-state index in [1.165, 1.54) is 30.0 Å². The van der Waals surface area contributed by atoms with Crippen molar-refractivity contribution in [2.24, 2.45) is 45.5 Å². The molecule has 45 heavy (non-hydrogen) atoms. The molecule has 1 unspecified atom stereocenters. The first-order chi connectivity index (χ1) is 21.6. The third-order valence-electron chi connectivity index (χ3n) is 10.3. The van der Waals surface area contributed by atoms with E-state index in [0.717, 1.165) is 67.3 Å². The average Bonchev–Trinajstić information content (AvgIpc) is 3.68. The van der Waals surface area contributed by atoms with E-state index >= 15 is 4.39 Å². The maximum Gasteiger partial charge on any atom is 0.355 e. The van der Waals surface area contributed by atoms with Gasteiger partial charge in [0.15, 0.2) is 5.69 Å². The summed E-state index contributed by atoms with van der Waals surface area (Å²) in [5.74, 6) is 1.07. The molecule has 5 saturated carbocycles. The Hall–Kier alpha value is -3.28. The number of aliphatic imine (C=N–C) groups is 1. The van der Waals surface area contributed by atoms with Gasteiger partial charge in [-0.1, -0.05) is 6.07 Å². The largest absolute Gasteiger partial charge is 0.476 e. The number of carboxylic acid groups (broad SMARTS) is 1. The van der Waals surface area contributed by atoms with Gasteiger partial charge in [0.25, 0.3) is 0 Å². The fourth-order valence-corrected chi connectivity index (χ4v) is 9.45. The molecule has 1 atom stereocenters. The number of allylic oxidation sites excluding steroid dienone is 1. The van der Waals surface area contributed by atoms with Crippen molar-refractivity contribution >= 4 is 44.8 Å². The molecule has 3 aromatic rings. The predicted molar refractivity (Wildman–Crippen MR) is 172 cm³/mol. The molecule has 0 aliphatic heterocycles. The number of aromatic carboxylic acids is 1. The van der Waals surface area contributed by atoms with Gasteiger partial charge in [-0.3, -0.25) is 0 Å². The Bertz CT molecular complexity index is 1720. The molecule has 1 heterocycles. The van der Waals surface area contributed by atoms with Crippen LogP contribution in [0.5, 0.6) is 0 Å². The van der Waals surface area contributed by atoms with Crippen molar-refractivity contribution in [2.75, 3.05) is 0 Å². The summed E-state index contributed by atoms with van der Waals surface area (Å²) in [6.45, 7) is 0. The van der Waals surface area contributed by atoms with Crippen molar-refractivity contribution in [3.8, 4) is 0 Å². The van der Waals surface area contributed by atoms with E-state index in [9.17, 15) is 18.5 Å². The van der Waals surface area contributed by atoms with Crippen LogP contribution >= 0.6 is 11.3 Å². The molecule has 0 saturated heterocycles. The van der Waals surface area contributed by atoms with Crippen molar-refractivity contribution in [3.05, 3.63) is 81.4 Å². The normalized spacial score (nSPS) is 27.0. The number of carbonyl (C=O) groups is 1. The molecule has 5 fully saturated rings. The minimum absolute atomic E-state index is 0.0886. The number of nitrogens with zero attached hydrogens (tertiary/aromatic N) is 2. The smallest absolute Gasteiger partial charge is 0.355 e. The highest BCUT2D eigenvalue weighted by atomic mass is 32.2. The average molecular weight is 651 g/mol. The first kappa shape index (κ1) is 30.4. The summed E-state index contributed by atoms with van der Waals surface area (Å²) >= 11 is 1.13. The second-order valence-corrected chi connectivity index (χ2v) is 15.2. The van der Waals surface area contributed by atoms with Crippen LogP contribution in [0.1, 0.15) is 84.5 Å². The molecule has 5 aliphatic carbocycles. The number of carboxylic acids is 1. The van der Waals surface area contributed by atoms with Gasteiger partial charge in [-0.25, -0.2) is 32.9 Å². The van der Waals surface area contributed by atoms with E-state index in [2.05, 4.69) is 4.98 Å². The molecule has 0 spiro atoms. The molecular weight excluding hydrogens is 615 g/mol. The Balaban J connectivity index is 1.32. The summed E-state index contributed by atoms with van der Waals surface area (Å²) in [6, 6.07) is 9.52. The molecule has 0 radical (unpaired) electrons. The third-order valence-corrected chi connectivity index (χ3v) is 11.8. The zero-order chi connectivity index (χ0) is 31.4. The molecule has 2 aromatic carbocycles. The number of benzene rings is 2. The Kier molecular flexibility index (Phi) is 8.20. The lowest BCUT2D eigenvalue weighted by Gasteiger charge is -2.54. The van der Waals surface area contributed by atoms with E-state index in [4.69, 9.17) is 15.9 Å². The van der Waals surface area contributed by atoms with Crippen molar-refractivity contribution in [3.63, 3.8) is 0 Å². The monoisotopic (exact) mass is 650 g/mol. The molecule has 5 N–H and O–H groups in total. The minimum Gasteiger partial charge on any atom is -0.476 e. The van der Waals surface area contributed by atoms with Gasteiger partial charge in [-0.05, 0) is 134 Å². The Morgan fingerprint density at radius 2 is 1.73 bits per heavy atom. The van der Waals surface area contributed by atoms with Gasteiger partial charge in [0.2, 0.25) is 5.13 Å². The number of rotatable bonds is 10. The molecule has 0 amide bonds. The number of hydrogen-bond acceptors (Lipinski definition) is 6. The first-order valence-corrected chi connectivity index (χ1v) is 17.7. The number of hydrogen-bond donors (Lipinski definition) is 3. The summed E-state index contributed by atoms with van der Waals surface area (Å²) in [7, 11) is -1.97. The maximum atomic E-state index is 15.6. The van der Waals surface area contributed by atoms with Gasteiger partial charge in [-0.2, -0.15) is 0 Å². The van der Waals surface area contributed by atoms with Crippen molar-refractivity contribution < 1.29 is 22.9 Å². The number of halogens is 2. The summed E-state index contributed by atoms with van der Waals surface area (Å²) in [4.78, 5) is 20.4. The predicted octanol–water partition coefficient (Wildman–Crippen LogP) is 7.13. The molecule has 7 nitrogen and oxygen atoms in total. The molecular formula is C34H36F2N4O3S2. The highest BCUT2D eigenvalue weighted by Crippen LogP contribution is 2.60. The summed E-state index contributed by atoms with van der Waals surface area (Å²) < 4.78 is 42.3. The van der Waals surface area contributed by atoms with Crippen molar-refractivity contribution in [2.45, 2.75) is 68.6 Å². The molecule has 11 heteroatoms. The van der Waals surface area contributed by atoms with Crippen molar-refractivity contribution in [1.29, 1.82) is 0 Å². The Labute approximate surface area is 267 Å². The number of thiazole rings is 1. The van der Waals surface area contributed by atoms with Gasteiger partial charge >= 0.3 is 5.97 Å². The summed E-state index contributed by atoms with van der Waals surface area (Å²) in [5, 5.41) is 16.6. The quantitative estimate of drug-likeness (QED) is 0.201. The lowest BCUT2D eigenvalue weighted by atomic mass is 9.50. The highest BCUT2D eigenvalue weighted by molar-refractivity contribution is 7.82. The van der Waals surface area contributed by atoms with Crippen LogP contribution in [0.15, 0.2) is 57.2 Å². The standard InChI is InChI=1S/C34H36F2N4O3S2/c35-26-5-4-21(15-24(26)31-22-8-19-7-20(10-22)11-23(31)9-19)32(37)25(12-18-3-6-30(45(38)43)27(36)13-18)28(14-17-1-2-17)39-34-40-29(16-44-34)33(41)42/h3-6,13,15-17,19-20,22-23,31H,1-2,7-12,14,37-38H2,(H,41,42)/b32-25-,39-28+. The van der Waals surface area contributed by atoms with Crippen LogP contribution in [-0.4, -0.2) is 26.0 Å². The molecule has 1 aromatic heterocycles. The molecule has 236 valence electrons. The van der Waals surface area contributed by atoms with Crippen LogP contribution in [0.2, 0.25) is 0 Å². The van der Waals surface area contributed by atoms with Crippen LogP contribution in [0.4, 0.5) is 13.9 Å². The number of nitrogens with two attached hydrogens (primary N) is 2. The molecule has 5 aliphatic rings. The lowest BCUT2D eigenvalue weighted by Crippen LogP contribution is -2.44. The van der Waals surface area contributed by atoms with Crippen LogP contribution < -0.4 is 10.9 Å². The van der Waals surface area contributed by atoms with Crippen LogP contribution in [-0.2, 0) is 17.4 Å². The zero-order valence-electron chi connectivity index (χ0n) is 24.8. The zero-order valence-corrected chi connectivity index (χ0v) is 26.4. The second-order valence-electron chi connectivity index (χ2n) is 13.4. The fourth-order valence-electron chi connectivity index (χ4n) is 8.31. The highest BCUT2D eigenvalue weighted by Gasteiger charge is 2.49. The lowest BCUT2D eigenvalue weighted by molar-refractivity contribution is -0.00389. The molecule has 4 bridgehead atoms. The van der Waals surface area contributed by atoms with Gasteiger partial charge in [0.1, 0.15) is 22.6 Å². The Morgan fingerprint density at radius 3 is 2.33 bits per heavy atom. The first-order valence-electron chi connectivity index (χ1n) is 15.6. The maximum absolute atomic E-state index is 15.6. The minimum atomic E-state index is -1.97. The van der Waals surface area contributed by atoms with E-state index in [1.54, 1.807) is 12.1 Å². The van der Waals surface area contributed by atoms with E-state index in [0.29, 0.717) is 57.4 Å². The van der Waals surface area contributed by atoms with Crippen LogP contribution in [0.25, 0.3) is 5.70 Å². The Morgan fingerprint density at radius 1 is 1.02 bits per heavy atom. The topological polar surface area (TPSA) is 132 Å². The second kappa shape index (κ2) is 12.1. The molecule has 8 rings (SSSR count). The summed E-state index contributed by atoms with van der Waals surface area (Å²) in [6.07, 6.45) is 8.83. The van der Waals surface area contributed by atoms with E-state index < -0.39 is 22.8 Å². The third kappa shape index (κ3) is 6.26. The fraction of sp³-hybridized carbons (Fsp3) is 0.441. The SMILES string of the molecule is N/C(=C(Cc1ccc(S(N)=O)c(F)c1)\C(CC1CC1)=N\c1nc(C(=O)O)cs1)c1ccc(F)c(C2C3CC4CC(C3)CC2C4)c1. The van der Waals surface area contributed by atoms with Crippen molar-refractivity contribution in [1.82, 2.24) is 4.98 Å². The van der Waals surface area contributed by atoms with Gasteiger partial charge in [-0.15, -0.1) is 11.3 Å². The van der Waals surface area contributed by atoms with E-state index in [-0.39, 0.29) is 28.7 Å². The number of aromatic nitrogens is 1. The van der Waals surface area contributed by atoms with Gasteiger partial charge < -0.3 is 10.8 Å².